The van der Waals surface area contributed by atoms with Gasteiger partial charge in [-0.3, -0.25) is 4.79 Å². The van der Waals surface area contributed by atoms with Crippen LogP contribution in [-0.4, -0.2) is 130 Å². The second kappa shape index (κ2) is 25.8. The van der Waals surface area contributed by atoms with Crippen molar-refractivity contribution in [3.05, 3.63) is 70.9 Å². The Morgan fingerprint density at radius 2 is 1.52 bits per heavy atom. The molecule has 1 aliphatic rings. The van der Waals surface area contributed by atoms with Crippen LogP contribution in [0.15, 0.2) is 53.9 Å². The minimum absolute atomic E-state index is 0.162. The van der Waals surface area contributed by atoms with Crippen LogP contribution < -0.4 is 21.5 Å². The van der Waals surface area contributed by atoms with E-state index in [0.717, 1.165) is 53.6 Å². The Morgan fingerprint density at radius 3 is 2.10 bits per heavy atom. The average molecular weight is 832 g/mol. The summed E-state index contributed by atoms with van der Waals surface area (Å²) >= 11 is 6.31. The lowest BCUT2D eigenvalue weighted by Gasteiger charge is -2.28. The van der Waals surface area contributed by atoms with Crippen molar-refractivity contribution in [3.63, 3.8) is 0 Å². The van der Waals surface area contributed by atoms with Gasteiger partial charge in [0.05, 0.1) is 106 Å². The van der Waals surface area contributed by atoms with Crippen molar-refractivity contribution in [1.82, 2.24) is 14.6 Å². The van der Waals surface area contributed by atoms with Crippen LogP contribution in [-0.2, 0) is 33.2 Å². The summed E-state index contributed by atoms with van der Waals surface area (Å²) in [7, 11) is 1.64. The number of hydrogen-bond donors (Lipinski definition) is 4. The number of pyridine rings is 1. The molecule has 0 saturated heterocycles. The second-order valence-corrected chi connectivity index (χ2v) is 13.6. The Balaban J connectivity index is 0.00000240. The summed E-state index contributed by atoms with van der Waals surface area (Å²) in [5.74, 6) is 0.208. The highest BCUT2D eigenvalue weighted by atomic mass is 35.5. The number of hydrogen-bond acceptors (Lipinski definition) is 13. The van der Waals surface area contributed by atoms with E-state index in [1.165, 1.54) is 18.2 Å². The molecule has 6 N–H and O–H groups in total. The summed E-state index contributed by atoms with van der Waals surface area (Å²) in [6.45, 7) is 7.59. The van der Waals surface area contributed by atoms with Gasteiger partial charge in [0.1, 0.15) is 18.3 Å². The quantitative estimate of drug-likeness (QED) is 0.0316. The third-order valence-corrected chi connectivity index (χ3v) is 9.30. The molecule has 0 unspecified atom stereocenters. The van der Waals surface area contributed by atoms with Gasteiger partial charge in [0, 0.05) is 54.8 Å². The molecule has 0 atom stereocenters. The molecule has 16 nitrogen and oxygen atoms in total. The van der Waals surface area contributed by atoms with Crippen molar-refractivity contribution in [2.24, 2.45) is 16.5 Å². The van der Waals surface area contributed by atoms with Crippen molar-refractivity contribution < 1.29 is 47.4 Å². The number of fused-ring (bicyclic) bond motifs is 1. The van der Waals surface area contributed by atoms with Gasteiger partial charge in [-0.15, -0.1) is 0 Å². The molecule has 58 heavy (non-hydrogen) atoms. The van der Waals surface area contributed by atoms with Gasteiger partial charge in [-0.1, -0.05) is 11.6 Å². The molecule has 1 saturated carbocycles. The monoisotopic (exact) mass is 831 g/mol. The highest BCUT2D eigenvalue weighted by Gasteiger charge is 2.23. The minimum Gasteiger partial charge on any atom is -0.483 e. The van der Waals surface area contributed by atoms with Crippen molar-refractivity contribution in [1.29, 1.82) is 0 Å². The molecule has 0 amide bonds. The molecule has 5 rings (SSSR count). The Bertz CT molecular complexity index is 1860. The number of aromatic nitrogens is 3. The van der Waals surface area contributed by atoms with E-state index in [0.29, 0.717) is 95.7 Å². The van der Waals surface area contributed by atoms with Gasteiger partial charge in [-0.2, -0.15) is 5.10 Å². The Labute approximate surface area is 342 Å². The molecule has 1 aliphatic carbocycles. The van der Waals surface area contributed by atoms with E-state index in [1.807, 2.05) is 25.3 Å². The first-order chi connectivity index (χ1) is 28.2. The number of benzene rings is 1. The lowest BCUT2D eigenvalue weighted by molar-refractivity contribution is -0.122. The van der Waals surface area contributed by atoms with Crippen LogP contribution in [0, 0.1) is 12.7 Å². The van der Waals surface area contributed by atoms with E-state index in [1.54, 1.807) is 24.0 Å². The molecule has 0 bridgehead atoms. The number of methoxy groups -OCH3 is 1. The summed E-state index contributed by atoms with van der Waals surface area (Å²) in [6.07, 6.45) is 9.07. The van der Waals surface area contributed by atoms with E-state index in [2.05, 4.69) is 20.4 Å². The van der Waals surface area contributed by atoms with Crippen LogP contribution >= 0.6 is 11.6 Å². The predicted octanol–water partition coefficient (Wildman–Crippen LogP) is 5.03. The number of carboxylic acid groups (broad SMARTS) is 1. The van der Waals surface area contributed by atoms with Crippen molar-refractivity contribution >= 4 is 40.8 Å². The third kappa shape index (κ3) is 15.4. The molecule has 3 heterocycles. The number of nitrogens with one attached hydrogen (secondary N) is 1. The van der Waals surface area contributed by atoms with E-state index < -0.39 is 5.82 Å². The number of ether oxygens (including phenoxy) is 7. The first-order valence-electron chi connectivity index (χ1n) is 19.1. The summed E-state index contributed by atoms with van der Waals surface area (Å²) < 4.78 is 54.1. The summed E-state index contributed by atoms with van der Waals surface area (Å²) in [4.78, 5) is 17.4. The van der Waals surface area contributed by atoms with Crippen LogP contribution in [0.1, 0.15) is 36.8 Å². The smallest absolute Gasteiger partial charge is 0.290 e. The number of rotatable bonds is 24. The number of nitrogens with zero attached hydrogens (tertiary/aromatic N) is 4. The lowest BCUT2D eigenvalue weighted by atomic mass is 9.91. The Hall–Kier alpha value is -4.46. The molecule has 4 aromatic rings. The molecule has 3 aromatic heterocycles. The molecule has 1 fully saturated rings. The zero-order valence-electron chi connectivity index (χ0n) is 33.1. The molecule has 18 heteroatoms. The van der Waals surface area contributed by atoms with E-state index in [9.17, 15) is 4.39 Å². The maximum absolute atomic E-state index is 14.0. The second-order valence-electron chi connectivity index (χ2n) is 13.2. The highest BCUT2D eigenvalue weighted by molar-refractivity contribution is 6.33. The predicted molar refractivity (Wildman–Crippen MR) is 219 cm³/mol. The van der Waals surface area contributed by atoms with Crippen molar-refractivity contribution in [2.75, 3.05) is 91.7 Å². The number of halogens is 2. The number of carbonyl (C=O) groups is 1. The standard InChI is InChI=1S/C39H53ClFN7O7.CH2O2/c1-27-21-37(55-20-19-54-18-17-53-16-15-52-14-13-51-12-11-50-10-9-49-2)44-24-32(27)28-22-36-38(46-31-6-4-30(42)5-7-31)33(25-45-48(36)26-28)39(43)47-35-23-29(41)3-8-34(35)40;2-1-3/h3,8,21-26,30-31,46H,4-7,9-20,42H2,1-2H3,(H2,43,47);1H,(H,2,3). The van der Waals surface area contributed by atoms with Crippen LogP contribution in [0.4, 0.5) is 15.8 Å². The van der Waals surface area contributed by atoms with Gasteiger partial charge < -0.3 is 55.0 Å². The van der Waals surface area contributed by atoms with Gasteiger partial charge in [0.15, 0.2) is 0 Å². The molecule has 0 aliphatic heterocycles. The minimum atomic E-state index is -0.458. The SMILES string of the molecule is COCCOCCOCCOCCOCCOCCOc1cc(C)c(-c2cc3c(NC4CCC(N)CC4)c(C(N)=Nc4cc(F)ccc4Cl)cnn3c2)cn1.O=CO. The van der Waals surface area contributed by atoms with Crippen LogP contribution in [0.25, 0.3) is 16.6 Å². The molecular formula is C40H55ClFN7O9. The zero-order valence-corrected chi connectivity index (χ0v) is 33.8. The van der Waals surface area contributed by atoms with Gasteiger partial charge in [0.25, 0.3) is 6.47 Å². The molecule has 318 valence electrons. The number of amidine groups is 1. The zero-order chi connectivity index (χ0) is 41.5. The van der Waals surface area contributed by atoms with Gasteiger partial charge in [0.2, 0.25) is 5.88 Å². The molecule has 0 radical (unpaired) electrons. The fraction of sp³-hybridized carbons (Fsp3) is 0.500. The summed E-state index contributed by atoms with van der Waals surface area (Å²) in [5.41, 5.74) is 18.0. The highest BCUT2D eigenvalue weighted by Crippen LogP contribution is 2.34. The number of nitrogens with two attached hydrogens (primary N) is 2. The number of aryl methyl sites for hydroxylation is 1. The first-order valence-corrected chi connectivity index (χ1v) is 19.5. The molecular weight excluding hydrogens is 777 g/mol. The van der Waals surface area contributed by atoms with Crippen LogP contribution in [0.3, 0.4) is 0 Å². The maximum atomic E-state index is 14.0. The van der Waals surface area contributed by atoms with E-state index >= 15 is 0 Å². The molecule has 0 spiro atoms. The average Bonchev–Trinajstić information content (AvgIpc) is 3.65. The third-order valence-electron chi connectivity index (χ3n) is 8.98. The lowest BCUT2D eigenvalue weighted by Crippen LogP contribution is -2.33. The summed E-state index contributed by atoms with van der Waals surface area (Å²) in [6, 6.07) is 8.31. The molecule has 1 aromatic carbocycles. The van der Waals surface area contributed by atoms with Crippen LogP contribution in [0.2, 0.25) is 5.02 Å². The van der Waals surface area contributed by atoms with Gasteiger partial charge in [-0.25, -0.2) is 18.9 Å². The van der Waals surface area contributed by atoms with Crippen molar-refractivity contribution in [2.45, 2.75) is 44.7 Å². The largest absolute Gasteiger partial charge is 0.483 e. The van der Waals surface area contributed by atoms with Crippen molar-refractivity contribution in [3.8, 4) is 17.0 Å². The summed E-state index contributed by atoms with van der Waals surface area (Å²) in [5, 5.41) is 15.5. The number of aliphatic imine (C=N–C) groups is 1. The fourth-order valence-electron chi connectivity index (χ4n) is 6.02. The fourth-order valence-corrected chi connectivity index (χ4v) is 6.18. The van der Waals surface area contributed by atoms with Gasteiger partial charge in [-0.05, 0) is 56.4 Å². The first kappa shape index (κ1) is 46.2. The van der Waals surface area contributed by atoms with Crippen LogP contribution in [0.5, 0.6) is 5.88 Å². The number of anilines is 1. The Morgan fingerprint density at radius 1 is 0.931 bits per heavy atom. The van der Waals surface area contributed by atoms with E-state index in [-0.39, 0.29) is 30.1 Å². The van der Waals surface area contributed by atoms with Gasteiger partial charge >= 0.3 is 0 Å². The Kier molecular flexibility index (Phi) is 20.6. The normalized spacial score (nSPS) is 15.6. The van der Waals surface area contributed by atoms with E-state index in [4.69, 9.17) is 66.1 Å². The maximum Gasteiger partial charge on any atom is 0.290 e. The topological polar surface area (TPSA) is 209 Å².